The number of phenols is 1. The van der Waals surface area contributed by atoms with Crippen LogP contribution in [0.3, 0.4) is 0 Å². The molecular formula is C15H13BrN2O2S. The van der Waals surface area contributed by atoms with Crippen molar-refractivity contribution in [2.24, 2.45) is 5.73 Å². The van der Waals surface area contributed by atoms with Crippen LogP contribution in [0.25, 0.3) is 0 Å². The summed E-state index contributed by atoms with van der Waals surface area (Å²) in [7, 11) is 0. The zero-order valence-electron chi connectivity index (χ0n) is 11.2. The third-order valence-electron chi connectivity index (χ3n) is 2.97. The van der Waals surface area contributed by atoms with E-state index in [0.29, 0.717) is 15.7 Å². The molecule has 0 aromatic heterocycles. The molecule has 0 saturated heterocycles. The molecule has 108 valence electrons. The number of carbonyl (C=O) groups is 1. The van der Waals surface area contributed by atoms with E-state index in [2.05, 4.69) is 21.2 Å². The van der Waals surface area contributed by atoms with E-state index < -0.39 is 5.91 Å². The summed E-state index contributed by atoms with van der Waals surface area (Å²) < 4.78 is 0.698. The Bertz CT molecular complexity index is 732. The molecule has 0 aliphatic carbocycles. The van der Waals surface area contributed by atoms with Gasteiger partial charge in [0.1, 0.15) is 10.7 Å². The molecule has 0 aliphatic heterocycles. The molecular weight excluding hydrogens is 352 g/mol. The van der Waals surface area contributed by atoms with Crippen molar-refractivity contribution >= 4 is 44.7 Å². The number of phenolic OH excluding ortho intramolecular Hbond substituents is 1. The van der Waals surface area contributed by atoms with Crippen LogP contribution in [0.1, 0.15) is 21.5 Å². The van der Waals surface area contributed by atoms with Crippen molar-refractivity contribution in [3.8, 4) is 5.75 Å². The maximum Gasteiger partial charge on any atom is 0.259 e. The Morgan fingerprint density at radius 3 is 2.71 bits per heavy atom. The summed E-state index contributed by atoms with van der Waals surface area (Å²) in [6, 6.07) is 10.0. The van der Waals surface area contributed by atoms with Crippen LogP contribution in [-0.2, 0) is 0 Å². The maximum absolute atomic E-state index is 12.3. The van der Waals surface area contributed by atoms with Gasteiger partial charge in [-0.15, -0.1) is 0 Å². The Hall–Kier alpha value is -1.92. The molecule has 0 spiro atoms. The highest BCUT2D eigenvalue weighted by molar-refractivity contribution is 9.10. The molecule has 0 saturated carbocycles. The minimum absolute atomic E-state index is 0.0970. The number of hydrogen-bond acceptors (Lipinski definition) is 3. The predicted octanol–water partition coefficient (Wildman–Crippen LogP) is 3.35. The van der Waals surface area contributed by atoms with Gasteiger partial charge in [0.25, 0.3) is 5.91 Å². The lowest BCUT2D eigenvalue weighted by molar-refractivity contribution is 0.102. The molecule has 0 heterocycles. The van der Waals surface area contributed by atoms with E-state index in [9.17, 15) is 9.90 Å². The van der Waals surface area contributed by atoms with Gasteiger partial charge in [-0.25, -0.2) is 0 Å². The van der Waals surface area contributed by atoms with Gasteiger partial charge < -0.3 is 16.2 Å². The fourth-order valence-corrected chi connectivity index (χ4v) is 2.61. The number of nitrogens with two attached hydrogens (primary N) is 1. The maximum atomic E-state index is 12.3. The van der Waals surface area contributed by atoms with Gasteiger partial charge in [0.15, 0.2) is 0 Å². The van der Waals surface area contributed by atoms with Gasteiger partial charge in [-0.05, 0) is 36.8 Å². The van der Waals surface area contributed by atoms with Gasteiger partial charge in [0.05, 0.1) is 11.3 Å². The second-order valence-corrected chi connectivity index (χ2v) is 5.83. The van der Waals surface area contributed by atoms with E-state index in [-0.39, 0.29) is 16.3 Å². The zero-order chi connectivity index (χ0) is 15.6. The monoisotopic (exact) mass is 364 g/mol. The van der Waals surface area contributed by atoms with Gasteiger partial charge in [-0.3, -0.25) is 4.79 Å². The fraction of sp³-hybridized carbons (Fsp3) is 0.0667. The first-order valence-corrected chi connectivity index (χ1v) is 7.29. The lowest BCUT2D eigenvalue weighted by Gasteiger charge is -2.13. The standard InChI is InChI=1S/C15H13BrN2O2S/c1-8-3-2-4-11(13(8)14(17)21)18-15(20)10-7-9(16)5-6-12(10)19/h2-7,19H,1H3,(H2,17,21)(H,18,20). The van der Waals surface area contributed by atoms with E-state index in [1.165, 1.54) is 6.07 Å². The van der Waals surface area contributed by atoms with E-state index in [4.69, 9.17) is 18.0 Å². The molecule has 2 aromatic carbocycles. The number of benzene rings is 2. The SMILES string of the molecule is Cc1cccc(NC(=O)c2cc(Br)ccc2O)c1C(N)=S. The van der Waals surface area contributed by atoms with Crippen molar-refractivity contribution < 1.29 is 9.90 Å². The van der Waals surface area contributed by atoms with Crippen LogP contribution in [0.4, 0.5) is 5.69 Å². The molecule has 0 aliphatic rings. The molecule has 0 unspecified atom stereocenters. The molecule has 4 nitrogen and oxygen atoms in total. The van der Waals surface area contributed by atoms with Gasteiger partial charge in [0.2, 0.25) is 0 Å². The van der Waals surface area contributed by atoms with E-state index in [1.54, 1.807) is 24.3 Å². The summed E-state index contributed by atoms with van der Waals surface area (Å²) >= 11 is 8.29. The third kappa shape index (κ3) is 3.40. The molecule has 0 bridgehead atoms. The van der Waals surface area contributed by atoms with Crippen LogP contribution in [-0.4, -0.2) is 16.0 Å². The van der Waals surface area contributed by atoms with Crippen LogP contribution in [0, 0.1) is 6.92 Å². The Morgan fingerprint density at radius 1 is 1.33 bits per heavy atom. The van der Waals surface area contributed by atoms with Crippen molar-refractivity contribution in [3.63, 3.8) is 0 Å². The fourth-order valence-electron chi connectivity index (χ4n) is 1.98. The molecule has 21 heavy (non-hydrogen) atoms. The van der Waals surface area contributed by atoms with Crippen molar-refractivity contribution in [3.05, 3.63) is 57.6 Å². The number of carbonyl (C=O) groups excluding carboxylic acids is 1. The number of halogens is 1. The number of hydrogen-bond donors (Lipinski definition) is 3. The van der Waals surface area contributed by atoms with E-state index >= 15 is 0 Å². The van der Waals surface area contributed by atoms with Crippen molar-refractivity contribution in [1.29, 1.82) is 0 Å². The van der Waals surface area contributed by atoms with Crippen molar-refractivity contribution in [1.82, 2.24) is 0 Å². The minimum atomic E-state index is -0.433. The summed E-state index contributed by atoms with van der Waals surface area (Å²) in [5, 5.41) is 12.5. The molecule has 2 aromatic rings. The number of thiocarbonyl (C=S) groups is 1. The Labute approximate surface area is 136 Å². The molecule has 0 radical (unpaired) electrons. The summed E-state index contributed by atoms with van der Waals surface area (Å²) in [5.74, 6) is -0.530. The summed E-state index contributed by atoms with van der Waals surface area (Å²) in [6.45, 7) is 1.86. The Kier molecular flexibility index (Phi) is 4.59. The summed E-state index contributed by atoms with van der Waals surface area (Å²) in [6.07, 6.45) is 0. The van der Waals surface area contributed by atoms with E-state index in [0.717, 1.165) is 5.56 Å². The van der Waals surface area contributed by atoms with Crippen molar-refractivity contribution in [2.75, 3.05) is 5.32 Å². The Morgan fingerprint density at radius 2 is 2.05 bits per heavy atom. The molecule has 0 atom stereocenters. The summed E-state index contributed by atoms with van der Waals surface area (Å²) in [4.78, 5) is 12.5. The first-order valence-electron chi connectivity index (χ1n) is 6.09. The minimum Gasteiger partial charge on any atom is -0.507 e. The number of amides is 1. The van der Waals surface area contributed by atoms with Crippen LogP contribution >= 0.6 is 28.1 Å². The van der Waals surface area contributed by atoms with Crippen LogP contribution in [0.5, 0.6) is 5.75 Å². The van der Waals surface area contributed by atoms with Crippen LogP contribution in [0.15, 0.2) is 40.9 Å². The quantitative estimate of drug-likeness (QED) is 0.730. The van der Waals surface area contributed by atoms with Crippen LogP contribution in [0.2, 0.25) is 0 Å². The molecule has 2 rings (SSSR count). The number of aryl methyl sites for hydroxylation is 1. The highest BCUT2D eigenvalue weighted by atomic mass is 79.9. The normalized spacial score (nSPS) is 10.2. The smallest absolute Gasteiger partial charge is 0.259 e. The lowest BCUT2D eigenvalue weighted by Crippen LogP contribution is -2.18. The number of rotatable bonds is 3. The van der Waals surface area contributed by atoms with Gasteiger partial charge >= 0.3 is 0 Å². The number of nitrogens with one attached hydrogen (secondary N) is 1. The average Bonchev–Trinajstić information content (AvgIpc) is 2.41. The lowest BCUT2D eigenvalue weighted by atomic mass is 10.1. The van der Waals surface area contributed by atoms with Gasteiger partial charge in [-0.2, -0.15) is 0 Å². The first-order chi connectivity index (χ1) is 9.90. The zero-order valence-corrected chi connectivity index (χ0v) is 13.6. The molecule has 1 amide bonds. The topological polar surface area (TPSA) is 75.3 Å². The third-order valence-corrected chi connectivity index (χ3v) is 3.67. The molecule has 4 N–H and O–H groups in total. The van der Waals surface area contributed by atoms with Crippen molar-refractivity contribution in [2.45, 2.75) is 6.92 Å². The highest BCUT2D eigenvalue weighted by Crippen LogP contribution is 2.25. The second-order valence-electron chi connectivity index (χ2n) is 4.48. The molecule has 6 heteroatoms. The summed E-state index contributed by atoms with van der Waals surface area (Å²) in [5.41, 5.74) is 7.89. The first kappa shape index (κ1) is 15.5. The number of aromatic hydroxyl groups is 1. The largest absolute Gasteiger partial charge is 0.507 e. The average molecular weight is 365 g/mol. The second kappa shape index (κ2) is 6.24. The van der Waals surface area contributed by atoms with E-state index in [1.807, 2.05) is 13.0 Å². The van der Waals surface area contributed by atoms with Crippen LogP contribution < -0.4 is 11.1 Å². The number of anilines is 1. The highest BCUT2D eigenvalue weighted by Gasteiger charge is 2.15. The molecule has 0 fully saturated rings. The predicted molar refractivity (Wildman–Crippen MR) is 90.8 cm³/mol. The Balaban J connectivity index is 2.39. The van der Waals surface area contributed by atoms with Gasteiger partial charge in [0, 0.05) is 10.0 Å². The van der Waals surface area contributed by atoms with Gasteiger partial charge in [-0.1, -0.05) is 40.3 Å².